The Morgan fingerprint density at radius 1 is 1.20 bits per heavy atom. The van der Waals surface area contributed by atoms with Gasteiger partial charge in [0.15, 0.2) is 0 Å². The minimum Gasteiger partial charge on any atom is -0.396 e. The second kappa shape index (κ2) is 8.30. The van der Waals surface area contributed by atoms with Crippen molar-refractivity contribution in [3.8, 4) is 0 Å². The summed E-state index contributed by atoms with van der Waals surface area (Å²) in [6, 6.07) is 6.13. The minimum absolute atomic E-state index is 0.0841. The van der Waals surface area contributed by atoms with E-state index in [1.165, 1.54) is 17.5 Å². The summed E-state index contributed by atoms with van der Waals surface area (Å²) in [6.45, 7) is 5.95. The van der Waals surface area contributed by atoms with Gasteiger partial charge in [0.25, 0.3) is 5.91 Å². The van der Waals surface area contributed by atoms with Gasteiger partial charge in [0, 0.05) is 44.3 Å². The van der Waals surface area contributed by atoms with Crippen LogP contribution in [0.1, 0.15) is 34.8 Å². The average Bonchev–Trinajstić information content (AvgIpc) is 3.26. The molecule has 1 aliphatic heterocycles. The van der Waals surface area contributed by atoms with Gasteiger partial charge in [0.2, 0.25) is 0 Å². The van der Waals surface area contributed by atoms with Crippen LogP contribution < -0.4 is 0 Å². The fourth-order valence-corrected chi connectivity index (χ4v) is 4.26. The molecule has 1 fully saturated rings. The summed E-state index contributed by atoms with van der Waals surface area (Å²) in [6.07, 6.45) is 3.38. The van der Waals surface area contributed by atoms with Crippen molar-refractivity contribution in [3.63, 3.8) is 0 Å². The quantitative estimate of drug-likeness (QED) is 0.778. The van der Waals surface area contributed by atoms with E-state index in [4.69, 9.17) is 0 Å². The van der Waals surface area contributed by atoms with Crippen LogP contribution in [-0.2, 0) is 12.8 Å². The van der Waals surface area contributed by atoms with Gasteiger partial charge < -0.3 is 20.0 Å². The topological polar surface area (TPSA) is 64.0 Å². The molecule has 1 aliphatic carbocycles. The number of amides is 1. The Morgan fingerprint density at radius 3 is 2.68 bits per heavy atom. The van der Waals surface area contributed by atoms with Crippen LogP contribution >= 0.6 is 0 Å². The number of fused-ring (bicyclic) bond motifs is 1. The number of carbonyl (C=O) groups excluding carboxylic acids is 1. The zero-order valence-corrected chi connectivity index (χ0v) is 15.2. The molecule has 25 heavy (non-hydrogen) atoms. The number of rotatable bonds is 7. The maximum Gasteiger partial charge on any atom is 0.253 e. The monoisotopic (exact) mass is 346 g/mol. The van der Waals surface area contributed by atoms with Gasteiger partial charge in [0.1, 0.15) is 0 Å². The van der Waals surface area contributed by atoms with Crippen LogP contribution in [0.15, 0.2) is 18.2 Å². The van der Waals surface area contributed by atoms with Gasteiger partial charge in [-0.05, 0) is 55.0 Å². The van der Waals surface area contributed by atoms with E-state index in [2.05, 4.69) is 24.0 Å². The van der Waals surface area contributed by atoms with Crippen LogP contribution in [0, 0.1) is 11.8 Å². The lowest BCUT2D eigenvalue weighted by Gasteiger charge is -2.25. The van der Waals surface area contributed by atoms with E-state index in [0.717, 1.165) is 31.5 Å². The van der Waals surface area contributed by atoms with Gasteiger partial charge >= 0.3 is 0 Å². The smallest absolute Gasteiger partial charge is 0.253 e. The molecule has 3 rings (SSSR count). The predicted octanol–water partition coefficient (Wildman–Crippen LogP) is 1.17. The van der Waals surface area contributed by atoms with Crippen LogP contribution in [0.3, 0.4) is 0 Å². The number of likely N-dealkylation sites (N-methyl/N-ethyl adjacent to an activating group) is 1. The number of hydrogen-bond donors (Lipinski definition) is 2. The van der Waals surface area contributed by atoms with E-state index in [9.17, 15) is 15.0 Å². The highest BCUT2D eigenvalue weighted by molar-refractivity contribution is 5.94. The molecule has 138 valence electrons. The molecular formula is C20H30N2O3. The Morgan fingerprint density at radius 2 is 1.96 bits per heavy atom. The number of aliphatic hydroxyl groups is 2. The number of likely N-dealkylation sites (tertiary alicyclic amines) is 1. The molecule has 1 heterocycles. The van der Waals surface area contributed by atoms with Crippen molar-refractivity contribution in [1.82, 2.24) is 9.80 Å². The van der Waals surface area contributed by atoms with E-state index in [0.29, 0.717) is 19.6 Å². The first-order chi connectivity index (χ1) is 12.2. The van der Waals surface area contributed by atoms with Gasteiger partial charge in [-0.2, -0.15) is 0 Å². The first-order valence-electron chi connectivity index (χ1n) is 9.51. The Bertz CT molecular complexity index is 605. The second-order valence-corrected chi connectivity index (χ2v) is 7.37. The number of aliphatic hydroxyl groups excluding tert-OH is 2. The standard InChI is InChI=1S/C20H30N2O3/c1-2-21(8-9-23)11-18-12-22(13-19(18)14-24)20(25)17-7-6-15-4-3-5-16(15)10-17/h6-7,10,18-19,23-24H,2-5,8-9,11-14H2,1H3. The van der Waals surface area contributed by atoms with Crippen molar-refractivity contribution >= 4 is 5.91 Å². The van der Waals surface area contributed by atoms with Gasteiger partial charge in [-0.15, -0.1) is 0 Å². The molecule has 0 radical (unpaired) electrons. The van der Waals surface area contributed by atoms with Crippen molar-refractivity contribution < 1.29 is 15.0 Å². The predicted molar refractivity (Wildman–Crippen MR) is 97.6 cm³/mol. The molecule has 0 saturated carbocycles. The minimum atomic E-state index is 0.0841. The van der Waals surface area contributed by atoms with E-state index in [1.54, 1.807) is 0 Å². The largest absolute Gasteiger partial charge is 0.396 e. The molecule has 1 saturated heterocycles. The number of carbonyl (C=O) groups is 1. The summed E-state index contributed by atoms with van der Waals surface area (Å²) in [5.74, 6) is 0.460. The fourth-order valence-electron chi connectivity index (χ4n) is 4.26. The van der Waals surface area contributed by atoms with Crippen molar-refractivity contribution in [2.45, 2.75) is 26.2 Å². The maximum absolute atomic E-state index is 12.9. The highest BCUT2D eigenvalue weighted by Gasteiger charge is 2.36. The van der Waals surface area contributed by atoms with Crippen LogP contribution in [-0.4, -0.2) is 71.9 Å². The molecule has 2 unspecified atom stereocenters. The fraction of sp³-hybridized carbons (Fsp3) is 0.650. The third-order valence-electron chi connectivity index (χ3n) is 5.80. The molecule has 1 aromatic carbocycles. The van der Waals surface area contributed by atoms with Gasteiger partial charge in [-0.3, -0.25) is 4.79 Å². The first-order valence-corrected chi connectivity index (χ1v) is 9.51. The van der Waals surface area contributed by atoms with Crippen molar-refractivity contribution in [2.75, 3.05) is 45.9 Å². The third kappa shape index (κ3) is 4.05. The Labute approximate surface area is 150 Å². The van der Waals surface area contributed by atoms with Crippen LogP contribution in [0.5, 0.6) is 0 Å². The Hall–Kier alpha value is -1.43. The lowest BCUT2D eigenvalue weighted by molar-refractivity contribution is 0.0778. The van der Waals surface area contributed by atoms with Gasteiger partial charge in [-0.25, -0.2) is 0 Å². The van der Waals surface area contributed by atoms with Crippen LogP contribution in [0.4, 0.5) is 0 Å². The molecule has 5 heteroatoms. The summed E-state index contributed by atoms with van der Waals surface area (Å²) in [5.41, 5.74) is 3.48. The average molecular weight is 346 g/mol. The number of hydrogen-bond acceptors (Lipinski definition) is 4. The highest BCUT2D eigenvalue weighted by atomic mass is 16.3. The summed E-state index contributed by atoms with van der Waals surface area (Å²) < 4.78 is 0. The second-order valence-electron chi connectivity index (χ2n) is 7.37. The van der Waals surface area contributed by atoms with Crippen molar-refractivity contribution in [2.24, 2.45) is 11.8 Å². The normalized spacial score (nSPS) is 22.6. The Balaban J connectivity index is 1.67. The van der Waals surface area contributed by atoms with Crippen LogP contribution in [0.2, 0.25) is 0 Å². The highest BCUT2D eigenvalue weighted by Crippen LogP contribution is 2.28. The zero-order chi connectivity index (χ0) is 17.8. The number of nitrogens with zero attached hydrogens (tertiary/aromatic N) is 2. The molecule has 1 aromatic rings. The lowest BCUT2D eigenvalue weighted by atomic mass is 9.96. The molecule has 0 spiro atoms. The summed E-state index contributed by atoms with van der Waals surface area (Å²) in [7, 11) is 0. The maximum atomic E-state index is 12.9. The molecule has 1 amide bonds. The van der Waals surface area contributed by atoms with Crippen LogP contribution in [0.25, 0.3) is 0 Å². The van der Waals surface area contributed by atoms with E-state index in [-0.39, 0.29) is 31.0 Å². The SMILES string of the molecule is CCN(CCO)CC1CN(C(=O)c2ccc3c(c2)CCC3)CC1CO. The summed E-state index contributed by atoms with van der Waals surface area (Å²) in [4.78, 5) is 17.0. The van der Waals surface area contributed by atoms with Gasteiger partial charge in [-0.1, -0.05) is 13.0 Å². The molecule has 5 nitrogen and oxygen atoms in total. The molecule has 2 N–H and O–H groups in total. The number of aryl methyl sites for hydroxylation is 2. The Kier molecular flexibility index (Phi) is 6.10. The van der Waals surface area contributed by atoms with E-state index >= 15 is 0 Å². The summed E-state index contributed by atoms with van der Waals surface area (Å²) in [5, 5.41) is 18.9. The third-order valence-corrected chi connectivity index (χ3v) is 5.80. The van der Waals surface area contributed by atoms with Crippen molar-refractivity contribution in [3.05, 3.63) is 34.9 Å². The molecule has 2 aliphatic rings. The van der Waals surface area contributed by atoms with Crippen molar-refractivity contribution in [1.29, 1.82) is 0 Å². The summed E-state index contributed by atoms with van der Waals surface area (Å²) >= 11 is 0. The first kappa shape index (κ1) is 18.4. The lowest BCUT2D eigenvalue weighted by Crippen LogP contribution is -2.36. The number of benzene rings is 1. The molecular weight excluding hydrogens is 316 g/mol. The molecule has 0 bridgehead atoms. The van der Waals surface area contributed by atoms with E-state index < -0.39 is 0 Å². The molecule has 2 atom stereocenters. The zero-order valence-electron chi connectivity index (χ0n) is 15.2. The van der Waals surface area contributed by atoms with Gasteiger partial charge in [0.05, 0.1) is 6.61 Å². The molecule has 0 aromatic heterocycles. The van der Waals surface area contributed by atoms with E-state index in [1.807, 2.05) is 11.0 Å².